The van der Waals surface area contributed by atoms with Gasteiger partial charge in [0.05, 0.1) is 5.92 Å². The number of anilines is 1. The van der Waals surface area contributed by atoms with Gasteiger partial charge in [-0.1, -0.05) is 6.07 Å². The van der Waals surface area contributed by atoms with Crippen molar-refractivity contribution in [2.24, 2.45) is 5.92 Å². The Balaban J connectivity index is 1.46. The number of hydrogen-bond acceptors (Lipinski definition) is 3. The zero-order valence-electron chi connectivity index (χ0n) is 14.3. The second kappa shape index (κ2) is 6.50. The predicted octanol–water partition coefficient (Wildman–Crippen LogP) is 0.877. The normalized spacial score (nSPS) is 23.4. The number of aryl methyl sites for hydroxylation is 2. The largest absolute Gasteiger partial charge is 0.354 e. The van der Waals surface area contributed by atoms with Crippen molar-refractivity contribution < 1.29 is 14.4 Å². The van der Waals surface area contributed by atoms with E-state index in [1.807, 2.05) is 6.07 Å². The summed E-state index contributed by atoms with van der Waals surface area (Å²) >= 11 is 0. The molecule has 2 aliphatic heterocycles. The van der Waals surface area contributed by atoms with Gasteiger partial charge in [-0.3, -0.25) is 14.4 Å². The molecule has 25 heavy (non-hydrogen) atoms. The fourth-order valence-corrected chi connectivity index (χ4v) is 4.09. The maximum atomic E-state index is 12.8. The average molecular weight is 341 g/mol. The molecule has 0 aromatic heterocycles. The van der Waals surface area contributed by atoms with Gasteiger partial charge in [0.15, 0.2) is 0 Å². The Kier molecular flexibility index (Phi) is 4.19. The number of carbonyl (C=O) groups is 3. The van der Waals surface area contributed by atoms with E-state index < -0.39 is 0 Å². The Bertz CT molecular complexity index is 731. The lowest BCUT2D eigenvalue weighted by Gasteiger charge is -2.23. The molecule has 3 amide bonds. The van der Waals surface area contributed by atoms with Crippen molar-refractivity contribution >= 4 is 23.4 Å². The van der Waals surface area contributed by atoms with Crippen LogP contribution < -0.4 is 10.2 Å². The molecule has 1 aliphatic carbocycles. The third-order valence-electron chi connectivity index (χ3n) is 5.49. The molecular formula is C19H23N3O3. The lowest BCUT2D eigenvalue weighted by molar-refractivity contribution is -0.135. The van der Waals surface area contributed by atoms with Gasteiger partial charge >= 0.3 is 0 Å². The van der Waals surface area contributed by atoms with E-state index in [0.29, 0.717) is 32.6 Å². The molecule has 1 aromatic carbocycles. The van der Waals surface area contributed by atoms with Crippen molar-refractivity contribution in [2.75, 3.05) is 31.1 Å². The molecule has 4 rings (SSSR count). The van der Waals surface area contributed by atoms with Gasteiger partial charge in [-0.15, -0.1) is 0 Å². The molecule has 0 bridgehead atoms. The van der Waals surface area contributed by atoms with Gasteiger partial charge in [0, 0.05) is 44.7 Å². The maximum Gasteiger partial charge on any atom is 0.228 e. The monoisotopic (exact) mass is 341 g/mol. The third-order valence-corrected chi connectivity index (χ3v) is 5.49. The Morgan fingerprint density at radius 1 is 1.08 bits per heavy atom. The van der Waals surface area contributed by atoms with Crippen LogP contribution in [0.5, 0.6) is 0 Å². The number of nitrogens with one attached hydrogen (secondary N) is 1. The SMILES string of the molecule is O=C1CCN(C(=O)[C@@H]2CC(=O)N(c3ccc4c(c3)CCC4)C2)CCN1. The molecule has 1 N–H and O–H groups in total. The second-order valence-electron chi connectivity index (χ2n) is 7.14. The van der Waals surface area contributed by atoms with E-state index in [2.05, 4.69) is 17.4 Å². The number of carbonyl (C=O) groups excluding carboxylic acids is 3. The minimum Gasteiger partial charge on any atom is -0.354 e. The Hall–Kier alpha value is -2.37. The molecule has 2 fully saturated rings. The van der Waals surface area contributed by atoms with Crippen molar-refractivity contribution in [3.63, 3.8) is 0 Å². The van der Waals surface area contributed by atoms with E-state index >= 15 is 0 Å². The molecule has 2 saturated heterocycles. The lowest BCUT2D eigenvalue weighted by Crippen LogP contribution is -2.39. The molecule has 0 spiro atoms. The summed E-state index contributed by atoms with van der Waals surface area (Å²) < 4.78 is 0. The van der Waals surface area contributed by atoms with E-state index in [0.717, 1.165) is 18.5 Å². The Morgan fingerprint density at radius 2 is 1.92 bits per heavy atom. The van der Waals surface area contributed by atoms with Crippen LogP contribution >= 0.6 is 0 Å². The zero-order chi connectivity index (χ0) is 17.4. The molecule has 6 nitrogen and oxygen atoms in total. The first-order valence-corrected chi connectivity index (χ1v) is 9.09. The van der Waals surface area contributed by atoms with Crippen LogP contribution in [0.25, 0.3) is 0 Å². The van der Waals surface area contributed by atoms with Crippen LogP contribution in [0.2, 0.25) is 0 Å². The van der Waals surface area contributed by atoms with Gasteiger partial charge < -0.3 is 15.1 Å². The van der Waals surface area contributed by atoms with Crippen LogP contribution in [0.4, 0.5) is 5.69 Å². The number of nitrogens with zero attached hydrogens (tertiary/aromatic N) is 2. The van der Waals surface area contributed by atoms with Crippen LogP contribution in [-0.4, -0.2) is 48.8 Å². The molecule has 0 unspecified atom stereocenters. The zero-order valence-corrected chi connectivity index (χ0v) is 14.3. The van der Waals surface area contributed by atoms with E-state index in [1.54, 1.807) is 9.80 Å². The van der Waals surface area contributed by atoms with Crippen molar-refractivity contribution in [1.29, 1.82) is 0 Å². The number of fused-ring (bicyclic) bond motifs is 1. The number of amides is 3. The van der Waals surface area contributed by atoms with Crippen molar-refractivity contribution in [3.8, 4) is 0 Å². The maximum absolute atomic E-state index is 12.8. The molecule has 1 aromatic rings. The van der Waals surface area contributed by atoms with Gasteiger partial charge in [-0.25, -0.2) is 0 Å². The summed E-state index contributed by atoms with van der Waals surface area (Å²) in [5.74, 6) is -0.319. The lowest BCUT2D eigenvalue weighted by atomic mass is 10.1. The molecule has 1 atom stereocenters. The Morgan fingerprint density at radius 3 is 2.80 bits per heavy atom. The highest BCUT2D eigenvalue weighted by Gasteiger charge is 2.37. The molecule has 2 heterocycles. The minimum absolute atomic E-state index is 0.00601. The highest BCUT2D eigenvalue weighted by atomic mass is 16.2. The predicted molar refractivity (Wildman–Crippen MR) is 93.1 cm³/mol. The van der Waals surface area contributed by atoms with Gasteiger partial charge in [0.1, 0.15) is 0 Å². The van der Waals surface area contributed by atoms with Crippen LogP contribution in [0.15, 0.2) is 18.2 Å². The van der Waals surface area contributed by atoms with Gasteiger partial charge in [0.2, 0.25) is 17.7 Å². The van der Waals surface area contributed by atoms with Crippen LogP contribution in [-0.2, 0) is 27.2 Å². The summed E-state index contributed by atoms with van der Waals surface area (Å²) in [6.07, 6.45) is 3.96. The molecule has 0 saturated carbocycles. The van der Waals surface area contributed by atoms with E-state index in [1.165, 1.54) is 17.5 Å². The topological polar surface area (TPSA) is 69.7 Å². The van der Waals surface area contributed by atoms with E-state index in [-0.39, 0.29) is 30.1 Å². The van der Waals surface area contributed by atoms with Crippen molar-refractivity contribution in [3.05, 3.63) is 29.3 Å². The number of rotatable bonds is 2. The molecule has 3 aliphatic rings. The molecule has 132 valence electrons. The van der Waals surface area contributed by atoms with Crippen molar-refractivity contribution in [2.45, 2.75) is 32.1 Å². The first kappa shape index (κ1) is 16.1. The average Bonchev–Trinajstić information content (AvgIpc) is 3.16. The minimum atomic E-state index is -0.311. The van der Waals surface area contributed by atoms with Crippen molar-refractivity contribution in [1.82, 2.24) is 10.2 Å². The number of hydrogen-bond donors (Lipinski definition) is 1. The smallest absolute Gasteiger partial charge is 0.228 e. The van der Waals surface area contributed by atoms with Crippen LogP contribution in [0.1, 0.15) is 30.4 Å². The highest BCUT2D eigenvalue weighted by Crippen LogP contribution is 2.31. The summed E-state index contributed by atoms with van der Waals surface area (Å²) in [5.41, 5.74) is 3.62. The Labute approximate surface area is 147 Å². The fraction of sp³-hybridized carbons (Fsp3) is 0.526. The van der Waals surface area contributed by atoms with Gasteiger partial charge in [0.25, 0.3) is 0 Å². The highest BCUT2D eigenvalue weighted by molar-refractivity contribution is 6.00. The summed E-state index contributed by atoms with van der Waals surface area (Å²) in [6.45, 7) is 1.89. The first-order valence-electron chi connectivity index (χ1n) is 9.09. The third kappa shape index (κ3) is 3.13. The van der Waals surface area contributed by atoms with Gasteiger partial charge in [-0.05, 0) is 42.5 Å². The standard InChI is InChI=1S/C19H23N3O3/c23-17-6-8-21(9-7-20-17)19(25)15-11-18(24)22(12-15)16-5-4-13-2-1-3-14(13)10-16/h4-5,10,15H,1-3,6-9,11-12H2,(H,20,23)/t15-/m1/s1. The van der Waals surface area contributed by atoms with E-state index in [4.69, 9.17) is 0 Å². The fourth-order valence-electron chi connectivity index (χ4n) is 4.09. The quantitative estimate of drug-likeness (QED) is 0.868. The van der Waals surface area contributed by atoms with Gasteiger partial charge in [-0.2, -0.15) is 0 Å². The summed E-state index contributed by atoms with van der Waals surface area (Å²) in [4.78, 5) is 40.2. The second-order valence-corrected chi connectivity index (χ2v) is 7.14. The summed E-state index contributed by atoms with van der Waals surface area (Å²) in [7, 11) is 0. The van der Waals surface area contributed by atoms with Crippen LogP contribution in [0.3, 0.4) is 0 Å². The first-order chi connectivity index (χ1) is 12.1. The molecule has 6 heteroatoms. The van der Waals surface area contributed by atoms with Crippen LogP contribution in [0, 0.1) is 5.92 Å². The molecule has 0 radical (unpaired) electrons. The number of benzene rings is 1. The summed E-state index contributed by atoms with van der Waals surface area (Å²) in [6, 6.07) is 6.23. The summed E-state index contributed by atoms with van der Waals surface area (Å²) in [5, 5.41) is 2.78. The molecular weight excluding hydrogens is 318 g/mol. The van der Waals surface area contributed by atoms with E-state index in [9.17, 15) is 14.4 Å².